The average molecular weight is 300 g/mol. The molecule has 0 saturated carbocycles. The first kappa shape index (κ1) is 15.6. The van der Waals surface area contributed by atoms with Gasteiger partial charge in [-0.1, -0.05) is 24.3 Å². The highest BCUT2D eigenvalue weighted by atomic mass is 16.5. The van der Waals surface area contributed by atoms with E-state index < -0.39 is 5.97 Å². The number of Topliss-reactive ketones (excluding diaryl/α,β-unsaturated/α-hetero) is 1. The van der Waals surface area contributed by atoms with E-state index in [1.807, 2.05) is 0 Å². The van der Waals surface area contributed by atoms with Gasteiger partial charge in [0.1, 0.15) is 18.1 Å². The molecule has 114 valence electrons. The number of benzene rings is 2. The van der Waals surface area contributed by atoms with Crippen LogP contribution in [-0.2, 0) is 17.8 Å². The standard InChI is InChI=1S/C17H16O5/c1-11(18)15-7-6-14(9-16(15)19)22-10-13-5-3-2-4-12(13)8-17(20)21/h2-7,9,19H,8,10H2,1H3,(H,20,21). The number of ether oxygens (including phenoxy) is 1. The van der Waals surface area contributed by atoms with E-state index in [0.717, 1.165) is 5.56 Å². The predicted molar refractivity (Wildman–Crippen MR) is 80.2 cm³/mol. The molecule has 0 unspecified atom stereocenters. The molecule has 0 saturated heterocycles. The van der Waals surface area contributed by atoms with Crippen molar-refractivity contribution in [3.63, 3.8) is 0 Å². The van der Waals surface area contributed by atoms with Crippen molar-refractivity contribution in [3.05, 3.63) is 59.2 Å². The van der Waals surface area contributed by atoms with Crippen molar-refractivity contribution in [2.75, 3.05) is 0 Å². The number of aromatic hydroxyl groups is 1. The van der Waals surface area contributed by atoms with Crippen molar-refractivity contribution in [2.24, 2.45) is 0 Å². The van der Waals surface area contributed by atoms with Crippen molar-refractivity contribution in [1.29, 1.82) is 0 Å². The predicted octanol–water partition coefficient (Wildman–Crippen LogP) is 2.80. The molecule has 0 fully saturated rings. The molecule has 5 nitrogen and oxygen atoms in total. The fourth-order valence-electron chi connectivity index (χ4n) is 2.09. The number of ketones is 1. The molecule has 0 aliphatic rings. The van der Waals surface area contributed by atoms with Crippen LogP contribution < -0.4 is 4.74 Å². The molecule has 0 radical (unpaired) electrons. The zero-order valence-corrected chi connectivity index (χ0v) is 12.1. The van der Waals surface area contributed by atoms with E-state index in [1.165, 1.54) is 19.1 Å². The Morgan fingerprint density at radius 1 is 1.09 bits per heavy atom. The van der Waals surface area contributed by atoms with E-state index in [0.29, 0.717) is 11.3 Å². The molecule has 0 aliphatic heterocycles. The smallest absolute Gasteiger partial charge is 0.307 e. The quantitative estimate of drug-likeness (QED) is 0.801. The molecule has 0 aliphatic carbocycles. The Balaban J connectivity index is 2.12. The van der Waals surface area contributed by atoms with Crippen molar-refractivity contribution in [3.8, 4) is 11.5 Å². The van der Waals surface area contributed by atoms with Gasteiger partial charge in [0.2, 0.25) is 0 Å². The molecule has 5 heteroatoms. The summed E-state index contributed by atoms with van der Waals surface area (Å²) in [4.78, 5) is 22.1. The van der Waals surface area contributed by atoms with Crippen LogP contribution >= 0.6 is 0 Å². The molecule has 2 rings (SSSR count). The lowest BCUT2D eigenvalue weighted by Crippen LogP contribution is -2.06. The molecule has 0 aromatic heterocycles. The Hall–Kier alpha value is -2.82. The van der Waals surface area contributed by atoms with Gasteiger partial charge in [0.15, 0.2) is 5.78 Å². The van der Waals surface area contributed by atoms with Gasteiger partial charge in [0, 0.05) is 6.07 Å². The third-order valence-corrected chi connectivity index (χ3v) is 3.20. The number of hydrogen-bond donors (Lipinski definition) is 2. The third-order valence-electron chi connectivity index (χ3n) is 3.20. The van der Waals surface area contributed by atoms with Crippen LogP contribution in [0.4, 0.5) is 0 Å². The molecular formula is C17H16O5. The summed E-state index contributed by atoms with van der Waals surface area (Å²) in [6.45, 7) is 1.56. The van der Waals surface area contributed by atoms with Gasteiger partial charge < -0.3 is 14.9 Å². The topological polar surface area (TPSA) is 83.8 Å². The van der Waals surface area contributed by atoms with Gasteiger partial charge in [0.25, 0.3) is 0 Å². The number of rotatable bonds is 6. The molecule has 0 spiro atoms. The lowest BCUT2D eigenvalue weighted by Gasteiger charge is -2.11. The first-order chi connectivity index (χ1) is 10.5. The van der Waals surface area contributed by atoms with E-state index in [2.05, 4.69) is 0 Å². The van der Waals surface area contributed by atoms with Crippen molar-refractivity contribution in [1.82, 2.24) is 0 Å². The van der Waals surface area contributed by atoms with E-state index in [1.54, 1.807) is 30.3 Å². The maximum Gasteiger partial charge on any atom is 0.307 e. The van der Waals surface area contributed by atoms with E-state index in [4.69, 9.17) is 9.84 Å². The SMILES string of the molecule is CC(=O)c1ccc(OCc2ccccc2CC(=O)O)cc1O. The first-order valence-electron chi connectivity index (χ1n) is 6.72. The largest absolute Gasteiger partial charge is 0.507 e. The normalized spacial score (nSPS) is 10.2. The van der Waals surface area contributed by atoms with Crippen LogP contribution in [-0.4, -0.2) is 22.0 Å². The zero-order chi connectivity index (χ0) is 16.1. The summed E-state index contributed by atoms with van der Waals surface area (Å²) in [6, 6.07) is 11.6. The monoisotopic (exact) mass is 300 g/mol. The Morgan fingerprint density at radius 3 is 2.36 bits per heavy atom. The summed E-state index contributed by atoms with van der Waals surface area (Å²) in [7, 11) is 0. The molecule has 2 aromatic carbocycles. The van der Waals surface area contributed by atoms with Crippen LogP contribution in [0.5, 0.6) is 11.5 Å². The number of carbonyl (C=O) groups is 2. The van der Waals surface area contributed by atoms with Crippen molar-refractivity contribution >= 4 is 11.8 Å². The second-order valence-electron chi connectivity index (χ2n) is 4.86. The van der Waals surface area contributed by atoms with E-state index in [-0.39, 0.29) is 30.1 Å². The summed E-state index contributed by atoms with van der Waals surface area (Å²) in [5.74, 6) is -0.858. The molecule has 0 amide bonds. The molecule has 0 atom stereocenters. The third kappa shape index (κ3) is 3.85. The minimum Gasteiger partial charge on any atom is -0.507 e. The fourth-order valence-corrected chi connectivity index (χ4v) is 2.09. The Labute approximate surface area is 127 Å². The lowest BCUT2D eigenvalue weighted by atomic mass is 10.1. The number of aliphatic carboxylic acids is 1. The summed E-state index contributed by atoms with van der Waals surface area (Å²) < 4.78 is 5.57. The van der Waals surface area contributed by atoms with Gasteiger partial charge in [-0.05, 0) is 30.2 Å². The van der Waals surface area contributed by atoms with Gasteiger partial charge in [-0.2, -0.15) is 0 Å². The van der Waals surface area contributed by atoms with Crippen molar-refractivity contribution in [2.45, 2.75) is 20.0 Å². The van der Waals surface area contributed by atoms with Gasteiger partial charge in [-0.15, -0.1) is 0 Å². The molecule has 0 heterocycles. The number of hydrogen-bond acceptors (Lipinski definition) is 4. The highest BCUT2D eigenvalue weighted by Gasteiger charge is 2.09. The van der Waals surface area contributed by atoms with Crippen LogP contribution in [0.1, 0.15) is 28.4 Å². The Bertz CT molecular complexity index is 706. The van der Waals surface area contributed by atoms with Crippen LogP contribution in [0.15, 0.2) is 42.5 Å². The molecule has 22 heavy (non-hydrogen) atoms. The average Bonchev–Trinajstić information content (AvgIpc) is 2.45. The highest BCUT2D eigenvalue weighted by Crippen LogP contribution is 2.25. The molecular weight excluding hydrogens is 284 g/mol. The van der Waals surface area contributed by atoms with Crippen molar-refractivity contribution < 1.29 is 24.5 Å². The molecule has 2 aromatic rings. The van der Waals surface area contributed by atoms with Crippen LogP contribution in [0, 0.1) is 0 Å². The van der Waals surface area contributed by atoms with Gasteiger partial charge in [-0.3, -0.25) is 9.59 Å². The van der Waals surface area contributed by atoms with Crippen LogP contribution in [0.2, 0.25) is 0 Å². The van der Waals surface area contributed by atoms with Crippen LogP contribution in [0.25, 0.3) is 0 Å². The number of carboxylic acid groups (broad SMARTS) is 1. The maximum absolute atomic E-state index is 11.2. The molecule has 0 bridgehead atoms. The minimum atomic E-state index is -0.907. The van der Waals surface area contributed by atoms with E-state index >= 15 is 0 Å². The maximum atomic E-state index is 11.2. The minimum absolute atomic E-state index is 0.0753. The Kier molecular flexibility index (Phi) is 4.78. The van der Waals surface area contributed by atoms with Crippen LogP contribution in [0.3, 0.4) is 0 Å². The lowest BCUT2D eigenvalue weighted by molar-refractivity contribution is -0.136. The van der Waals surface area contributed by atoms with Gasteiger partial charge in [-0.25, -0.2) is 0 Å². The Morgan fingerprint density at radius 2 is 1.77 bits per heavy atom. The zero-order valence-electron chi connectivity index (χ0n) is 12.1. The summed E-state index contributed by atoms with van der Waals surface area (Å²) in [6.07, 6.45) is -0.0753. The summed E-state index contributed by atoms with van der Waals surface area (Å²) in [5, 5.41) is 18.6. The van der Waals surface area contributed by atoms with Gasteiger partial charge >= 0.3 is 5.97 Å². The van der Waals surface area contributed by atoms with Gasteiger partial charge in [0.05, 0.1) is 12.0 Å². The number of phenolic OH excluding ortho intramolecular Hbond substituents is 1. The molecule has 2 N–H and O–H groups in total. The number of carbonyl (C=O) groups excluding carboxylic acids is 1. The van der Waals surface area contributed by atoms with E-state index in [9.17, 15) is 14.7 Å². The fraction of sp³-hybridized carbons (Fsp3) is 0.176. The highest BCUT2D eigenvalue weighted by molar-refractivity contribution is 5.96. The second kappa shape index (κ2) is 6.76. The first-order valence-corrected chi connectivity index (χ1v) is 6.72. The number of carboxylic acids is 1. The summed E-state index contributed by atoms with van der Waals surface area (Å²) >= 11 is 0. The summed E-state index contributed by atoms with van der Waals surface area (Å²) in [5.41, 5.74) is 1.68. The second-order valence-corrected chi connectivity index (χ2v) is 4.86. The number of phenols is 1.